The van der Waals surface area contributed by atoms with Gasteiger partial charge in [0.15, 0.2) is 0 Å². The second kappa shape index (κ2) is 10.7. The second-order valence-corrected chi connectivity index (χ2v) is 9.51. The van der Waals surface area contributed by atoms with Crippen LogP contribution in [-0.4, -0.2) is 38.3 Å². The van der Waals surface area contributed by atoms with Gasteiger partial charge in [0, 0.05) is 32.2 Å². The summed E-state index contributed by atoms with van der Waals surface area (Å²) in [6, 6.07) is 17.1. The number of nitrogens with one attached hydrogen (secondary N) is 1. The van der Waals surface area contributed by atoms with E-state index < -0.39 is 10.0 Å². The zero-order chi connectivity index (χ0) is 21.4. The molecule has 0 saturated carbocycles. The summed E-state index contributed by atoms with van der Waals surface area (Å²) < 4.78 is 32.4. The number of carbonyl (C=O) groups is 1. The number of piperidine rings is 1. The smallest absolute Gasteiger partial charge is 0.223 e. The SMILES string of the molecule is CCOCc1ccccc1CNC(=O)C1CCN(S(=O)(=O)Cc2ccccc2)CC1. The molecule has 2 aromatic rings. The first kappa shape index (κ1) is 22.5. The van der Waals surface area contributed by atoms with Gasteiger partial charge in [0.1, 0.15) is 0 Å². The predicted molar refractivity (Wildman–Crippen MR) is 117 cm³/mol. The molecule has 3 rings (SSSR count). The van der Waals surface area contributed by atoms with Crippen molar-refractivity contribution in [3.63, 3.8) is 0 Å². The van der Waals surface area contributed by atoms with Crippen molar-refractivity contribution in [2.45, 2.75) is 38.7 Å². The van der Waals surface area contributed by atoms with Crippen molar-refractivity contribution in [1.82, 2.24) is 9.62 Å². The number of ether oxygens (including phenoxy) is 1. The Morgan fingerprint density at radius 3 is 2.33 bits per heavy atom. The van der Waals surface area contributed by atoms with Crippen LogP contribution < -0.4 is 5.32 Å². The summed E-state index contributed by atoms with van der Waals surface area (Å²) >= 11 is 0. The highest BCUT2D eigenvalue weighted by Crippen LogP contribution is 2.22. The van der Waals surface area contributed by atoms with Crippen LogP contribution in [0.4, 0.5) is 0 Å². The minimum absolute atomic E-state index is 0.00131. The lowest BCUT2D eigenvalue weighted by Gasteiger charge is -2.30. The van der Waals surface area contributed by atoms with Crippen LogP contribution in [0.15, 0.2) is 54.6 Å². The monoisotopic (exact) mass is 430 g/mol. The number of sulfonamides is 1. The van der Waals surface area contributed by atoms with Gasteiger partial charge in [-0.15, -0.1) is 0 Å². The highest BCUT2D eigenvalue weighted by Gasteiger charge is 2.31. The lowest BCUT2D eigenvalue weighted by Crippen LogP contribution is -2.43. The second-order valence-electron chi connectivity index (χ2n) is 7.54. The lowest BCUT2D eigenvalue weighted by atomic mass is 9.97. The Bertz CT molecular complexity index is 923. The largest absolute Gasteiger partial charge is 0.377 e. The normalized spacial score (nSPS) is 15.8. The standard InChI is InChI=1S/C23H30N2O4S/c1-2-29-17-22-11-7-6-10-21(22)16-24-23(26)20-12-14-25(15-13-20)30(27,28)18-19-8-4-3-5-9-19/h3-11,20H,2,12-18H2,1H3,(H,24,26). The average Bonchev–Trinajstić information content (AvgIpc) is 2.77. The highest BCUT2D eigenvalue weighted by atomic mass is 32.2. The molecular formula is C23H30N2O4S. The minimum atomic E-state index is -3.37. The van der Waals surface area contributed by atoms with Gasteiger partial charge >= 0.3 is 0 Å². The van der Waals surface area contributed by atoms with E-state index in [1.807, 2.05) is 61.5 Å². The van der Waals surface area contributed by atoms with Gasteiger partial charge in [0.05, 0.1) is 12.4 Å². The van der Waals surface area contributed by atoms with Crippen LogP contribution in [0, 0.1) is 5.92 Å². The van der Waals surface area contributed by atoms with E-state index in [4.69, 9.17) is 4.74 Å². The summed E-state index contributed by atoms with van der Waals surface area (Å²) in [5, 5.41) is 3.02. The van der Waals surface area contributed by atoms with Crippen LogP contribution in [0.2, 0.25) is 0 Å². The zero-order valence-electron chi connectivity index (χ0n) is 17.4. The first-order chi connectivity index (χ1) is 14.5. The Morgan fingerprint density at radius 2 is 1.67 bits per heavy atom. The van der Waals surface area contributed by atoms with Crippen LogP contribution in [-0.2, 0) is 38.5 Å². The lowest BCUT2D eigenvalue weighted by molar-refractivity contribution is -0.126. The molecule has 1 aliphatic heterocycles. The van der Waals surface area contributed by atoms with Gasteiger partial charge in [-0.1, -0.05) is 54.6 Å². The Hall–Kier alpha value is -2.22. The van der Waals surface area contributed by atoms with Gasteiger partial charge in [-0.25, -0.2) is 12.7 Å². The Kier molecular flexibility index (Phi) is 8.01. The molecule has 0 radical (unpaired) electrons. The fraction of sp³-hybridized carbons (Fsp3) is 0.435. The number of nitrogens with zero attached hydrogens (tertiary/aromatic N) is 1. The van der Waals surface area contributed by atoms with E-state index >= 15 is 0 Å². The van der Waals surface area contributed by atoms with E-state index in [0.717, 1.165) is 16.7 Å². The number of amides is 1. The number of benzene rings is 2. The van der Waals surface area contributed by atoms with Crippen LogP contribution >= 0.6 is 0 Å². The van der Waals surface area contributed by atoms with Crippen molar-refractivity contribution < 1.29 is 17.9 Å². The minimum Gasteiger partial charge on any atom is -0.377 e. The molecule has 162 valence electrons. The van der Waals surface area contributed by atoms with Crippen LogP contribution in [0.3, 0.4) is 0 Å². The molecule has 7 heteroatoms. The maximum absolute atomic E-state index is 12.7. The molecule has 0 atom stereocenters. The summed E-state index contributed by atoms with van der Waals surface area (Å²) in [7, 11) is -3.37. The Balaban J connectivity index is 1.50. The number of hydrogen-bond donors (Lipinski definition) is 1. The quantitative estimate of drug-likeness (QED) is 0.663. The predicted octanol–water partition coefficient (Wildman–Crippen LogP) is 3.08. The topological polar surface area (TPSA) is 75.7 Å². The molecule has 0 aliphatic carbocycles. The third-order valence-electron chi connectivity index (χ3n) is 5.44. The molecule has 2 aromatic carbocycles. The molecular weight excluding hydrogens is 400 g/mol. The Labute approximate surface area is 179 Å². The third kappa shape index (κ3) is 6.14. The number of rotatable bonds is 9. The van der Waals surface area contributed by atoms with Gasteiger partial charge in [0.2, 0.25) is 15.9 Å². The van der Waals surface area contributed by atoms with Crippen LogP contribution in [0.25, 0.3) is 0 Å². The van der Waals surface area contributed by atoms with E-state index in [-0.39, 0.29) is 17.6 Å². The molecule has 6 nitrogen and oxygen atoms in total. The van der Waals surface area contributed by atoms with Crippen molar-refractivity contribution in [3.8, 4) is 0 Å². The number of carbonyl (C=O) groups excluding carboxylic acids is 1. The molecule has 1 heterocycles. The van der Waals surface area contributed by atoms with E-state index in [1.54, 1.807) is 0 Å². The molecule has 1 N–H and O–H groups in total. The fourth-order valence-electron chi connectivity index (χ4n) is 3.68. The molecule has 0 unspecified atom stereocenters. The van der Waals surface area contributed by atoms with E-state index in [2.05, 4.69) is 5.32 Å². The van der Waals surface area contributed by atoms with Crippen LogP contribution in [0.1, 0.15) is 36.5 Å². The molecule has 0 aromatic heterocycles. The van der Waals surface area contributed by atoms with E-state index in [0.29, 0.717) is 45.7 Å². The molecule has 0 spiro atoms. The molecule has 1 fully saturated rings. The van der Waals surface area contributed by atoms with Crippen molar-refractivity contribution >= 4 is 15.9 Å². The molecule has 0 bridgehead atoms. The van der Waals surface area contributed by atoms with Crippen molar-refractivity contribution in [3.05, 3.63) is 71.3 Å². The summed E-state index contributed by atoms with van der Waals surface area (Å²) in [6.07, 6.45) is 1.08. The van der Waals surface area contributed by atoms with Gasteiger partial charge < -0.3 is 10.1 Å². The summed E-state index contributed by atoms with van der Waals surface area (Å²) in [4.78, 5) is 12.6. The van der Waals surface area contributed by atoms with Gasteiger partial charge in [0.25, 0.3) is 0 Å². The molecule has 1 aliphatic rings. The maximum Gasteiger partial charge on any atom is 0.223 e. The highest BCUT2D eigenvalue weighted by molar-refractivity contribution is 7.88. The Morgan fingerprint density at radius 1 is 1.03 bits per heavy atom. The van der Waals surface area contributed by atoms with Crippen LogP contribution in [0.5, 0.6) is 0 Å². The zero-order valence-corrected chi connectivity index (χ0v) is 18.2. The average molecular weight is 431 g/mol. The van der Waals surface area contributed by atoms with Gasteiger partial charge in [-0.2, -0.15) is 0 Å². The third-order valence-corrected chi connectivity index (χ3v) is 7.29. The van der Waals surface area contributed by atoms with E-state index in [1.165, 1.54) is 4.31 Å². The fourth-order valence-corrected chi connectivity index (χ4v) is 5.25. The summed E-state index contributed by atoms with van der Waals surface area (Å²) in [5.41, 5.74) is 2.90. The molecule has 30 heavy (non-hydrogen) atoms. The maximum atomic E-state index is 12.7. The first-order valence-electron chi connectivity index (χ1n) is 10.4. The van der Waals surface area contributed by atoms with Crippen molar-refractivity contribution in [2.75, 3.05) is 19.7 Å². The summed E-state index contributed by atoms with van der Waals surface area (Å²) in [5.74, 6) is -0.171. The van der Waals surface area contributed by atoms with E-state index in [9.17, 15) is 13.2 Å². The van der Waals surface area contributed by atoms with Crippen molar-refractivity contribution in [2.24, 2.45) is 5.92 Å². The molecule has 1 saturated heterocycles. The van der Waals surface area contributed by atoms with Gasteiger partial charge in [-0.3, -0.25) is 4.79 Å². The van der Waals surface area contributed by atoms with Gasteiger partial charge in [-0.05, 0) is 36.5 Å². The molecule has 1 amide bonds. The number of hydrogen-bond acceptors (Lipinski definition) is 4. The first-order valence-corrected chi connectivity index (χ1v) is 12.0. The van der Waals surface area contributed by atoms with Crippen molar-refractivity contribution in [1.29, 1.82) is 0 Å². The summed E-state index contributed by atoms with van der Waals surface area (Å²) in [6.45, 7) is 4.35.